The number of hydrogen-bond donors (Lipinski definition) is 0. The molecule has 6 rings (SSSR count). The van der Waals surface area contributed by atoms with Gasteiger partial charge in [-0.3, -0.25) is 9.59 Å². The Balaban J connectivity index is 1.57. The van der Waals surface area contributed by atoms with E-state index in [2.05, 4.69) is 5.16 Å². The van der Waals surface area contributed by atoms with Crippen LogP contribution in [0, 0.1) is 6.92 Å². The Morgan fingerprint density at radius 3 is 2.75 bits per heavy atom. The normalized spacial score (nSPS) is 20.0. The standard InChI is InChI=1S/C23H20N4O4S/c1-14-17(12-31-24-14)21(28)26-8-9-27-22(29)19-11-20-18(7-10-32-20)25(19)13-23(26,27)15-3-5-16(30-2)6-4-15/h3-7,10-12H,8-9,13H2,1-2H3. The summed E-state index contributed by atoms with van der Waals surface area (Å²) in [5.74, 6) is 0.436. The second kappa shape index (κ2) is 6.70. The largest absolute Gasteiger partial charge is 0.497 e. The van der Waals surface area contributed by atoms with Crippen LogP contribution in [0.3, 0.4) is 0 Å². The number of fused-ring (bicyclic) bond motifs is 4. The van der Waals surface area contributed by atoms with E-state index in [1.165, 1.54) is 6.26 Å². The Kier molecular flexibility index (Phi) is 4.00. The Hall–Kier alpha value is -3.59. The Morgan fingerprint density at radius 2 is 2.03 bits per heavy atom. The van der Waals surface area contributed by atoms with E-state index in [1.54, 1.807) is 30.3 Å². The van der Waals surface area contributed by atoms with E-state index in [-0.39, 0.29) is 11.8 Å². The molecule has 162 valence electrons. The molecule has 5 heterocycles. The smallest absolute Gasteiger partial charge is 0.272 e. The molecule has 2 amide bonds. The van der Waals surface area contributed by atoms with Crippen molar-refractivity contribution in [3.8, 4) is 5.75 Å². The fourth-order valence-corrected chi connectivity index (χ4v) is 5.84. The van der Waals surface area contributed by atoms with Gasteiger partial charge >= 0.3 is 0 Å². The first-order chi connectivity index (χ1) is 15.5. The van der Waals surface area contributed by atoms with Crippen molar-refractivity contribution in [1.29, 1.82) is 0 Å². The van der Waals surface area contributed by atoms with Crippen LogP contribution in [-0.2, 0) is 12.2 Å². The number of nitrogens with zero attached hydrogens (tertiary/aromatic N) is 4. The zero-order valence-corrected chi connectivity index (χ0v) is 18.4. The molecule has 1 atom stereocenters. The van der Waals surface area contributed by atoms with Gasteiger partial charge in [0.1, 0.15) is 23.3 Å². The van der Waals surface area contributed by atoms with Crippen molar-refractivity contribution in [1.82, 2.24) is 19.5 Å². The number of amides is 2. The van der Waals surface area contributed by atoms with Gasteiger partial charge in [0.2, 0.25) is 0 Å². The van der Waals surface area contributed by atoms with E-state index in [1.807, 2.05) is 51.2 Å². The molecule has 0 spiro atoms. The molecular formula is C23H20N4O4S. The maximum atomic E-state index is 13.7. The summed E-state index contributed by atoms with van der Waals surface area (Å²) in [7, 11) is 1.61. The summed E-state index contributed by atoms with van der Waals surface area (Å²) in [6.45, 7) is 3.05. The Labute approximate surface area is 187 Å². The number of hydrogen-bond acceptors (Lipinski definition) is 6. The van der Waals surface area contributed by atoms with Gasteiger partial charge < -0.3 is 23.6 Å². The summed E-state index contributed by atoms with van der Waals surface area (Å²) >= 11 is 1.61. The number of benzene rings is 1. The molecule has 2 aliphatic rings. The van der Waals surface area contributed by atoms with Crippen LogP contribution in [0.4, 0.5) is 0 Å². The highest BCUT2D eigenvalue weighted by Crippen LogP contribution is 2.45. The minimum atomic E-state index is -0.967. The van der Waals surface area contributed by atoms with E-state index in [4.69, 9.17) is 9.26 Å². The molecule has 4 aromatic rings. The van der Waals surface area contributed by atoms with Gasteiger partial charge in [-0.1, -0.05) is 17.3 Å². The average Bonchev–Trinajstić information content (AvgIpc) is 3.57. The number of ether oxygens (including phenoxy) is 1. The van der Waals surface area contributed by atoms with Gasteiger partial charge in [-0.2, -0.15) is 0 Å². The van der Waals surface area contributed by atoms with E-state index in [9.17, 15) is 9.59 Å². The van der Waals surface area contributed by atoms with Crippen LogP contribution in [0.1, 0.15) is 32.1 Å². The van der Waals surface area contributed by atoms with Gasteiger partial charge in [0.05, 0.1) is 29.6 Å². The van der Waals surface area contributed by atoms with Crippen LogP contribution >= 0.6 is 11.3 Å². The molecule has 8 nitrogen and oxygen atoms in total. The summed E-state index contributed by atoms with van der Waals surface area (Å²) in [5, 5.41) is 5.91. The quantitative estimate of drug-likeness (QED) is 0.479. The third kappa shape index (κ3) is 2.39. The number of carbonyl (C=O) groups is 2. The second-order valence-corrected chi connectivity index (χ2v) is 9.01. The van der Waals surface area contributed by atoms with Crippen molar-refractivity contribution in [2.75, 3.05) is 20.2 Å². The van der Waals surface area contributed by atoms with E-state index in [0.29, 0.717) is 42.3 Å². The molecule has 1 saturated heterocycles. The van der Waals surface area contributed by atoms with Crippen molar-refractivity contribution in [3.05, 3.63) is 70.6 Å². The first-order valence-electron chi connectivity index (χ1n) is 10.3. The fourth-order valence-electron chi connectivity index (χ4n) is 5.01. The van der Waals surface area contributed by atoms with Crippen molar-refractivity contribution < 1.29 is 18.8 Å². The third-order valence-electron chi connectivity index (χ3n) is 6.58. The number of aryl methyl sites for hydroxylation is 1. The maximum absolute atomic E-state index is 13.7. The summed E-state index contributed by atoms with van der Waals surface area (Å²) < 4.78 is 13.5. The van der Waals surface area contributed by atoms with Crippen LogP contribution in [0.2, 0.25) is 0 Å². The molecule has 1 unspecified atom stereocenters. The number of aromatic nitrogens is 2. The second-order valence-electron chi connectivity index (χ2n) is 8.06. The number of thiophene rings is 1. The molecule has 0 N–H and O–H groups in total. The molecule has 0 radical (unpaired) electrons. The molecule has 1 fully saturated rings. The number of methoxy groups -OCH3 is 1. The molecule has 0 saturated carbocycles. The van der Waals surface area contributed by atoms with E-state index >= 15 is 0 Å². The van der Waals surface area contributed by atoms with Crippen molar-refractivity contribution >= 4 is 33.4 Å². The van der Waals surface area contributed by atoms with Crippen LogP contribution in [0.15, 0.2) is 52.6 Å². The van der Waals surface area contributed by atoms with Crippen molar-refractivity contribution in [3.63, 3.8) is 0 Å². The molecule has 0 bridgehead atoms. The first-order valence-corrected chi connectivity index (χ1v) is 11.2. The lowest BCUT2D eigenvalue weighted by Crippen LogP contribution is -2.60. The van der Waals surface area contributed by atoms with Gasteiger partial charge in [-0.05, 0) is 36.6 Å². The molecule has 1 aromatic carbocycles. The van der Waals surface area contributed by atoms with E-state index in [0.717, 1.165) is 15.8 Å². The molecular weight excluding hydrogens is 428 g/mol. The zero-order chi connectivity index (χ0) is 22.0. The van der Waals surface area contributed by atoms with Crippen LogP contribution in [0.25, 0.3) is 10.2 Å². The summed E-state index contributed by atoms with van der Waals surface area (Å²) in [5.41, 5.74) is 2.49. The Morgan fingerprint density at radius 1 is 1.22 bits per heavy atom. The number of carbonyl (C=O) groups excluding carboxylic acids is 2. The lowest BCUT2D eigenvalue weighted by atomic mass is 9.93. The minimum absolute atomic E-state index is 0.0761. The first kappa shape index (κ1) is 19.1. The summed E-state index contributed by atoms with van der Waals surface area (Å²) in [6.07, 6.45) is 1.38. The highest BCUT2D eigenvalue weighted by atomic mass is 32.1. The van der Waals surface area contributed by atoms with Crippen molar-refractivity contribution in [2.45, 2.75) is 19.1 Å². The lowest BCUT2D eigenvalue weighted by molar-refractivity contribution is -0.00519. The average molecular weight is 449 g/mol. The SMILES string of the molecule is COc1ccc(C23Cn4c(cc5sccc54)C(=O)N2CCN3C(=O)c2conc2C)cc1. The zero-order valence-electron chi connectivity index (χ0n) is 17.6. The maximum Gasteiger partial charge on any atom is 0.272 e. The summed E-state index contributed by atoms with van der Waals surface area (Å²) in [6, 6.07) is 11.6. The van der Waals surface area contributed by atoms with Crippen LogP contribution in [-0.4, -0.2) is 51.5 Å². The number of rotatable bonds is 3. The van der Waals surface area contributed by atoms with Crippen LogP contribution in [0.5, 0.6) is 5.75 Å². The van der Waals surface area contributed by atoms with Gasteiger partial charge in [0.25, 0.3) is 11.8 Å². The predicted molar refractivity (Wildman–Crippen MR) is 118 cm³/mol. The summed E-state index contributed by atoms with van der Waals surface area (Å²) in [4.78, 5) is 31.0. The van der Waals surface area contributed by atoms with Crippen LogP contribution < -0.4 is 4.74 Å². The predicted octanol–water partition coefficient (Wildman–Crippen LogP) is 3.47. The topological polar surface area (TPSA) is 80.8 Å². The molecule has 9 heteroatoms. The van der Waals surface area contributed by atoms with Crippen molar-refractivity contribution in [2.24, 2.45) is 0 Å². The monoisotopic (exact) mass is 448 g/mol. The van der Waals surface area contributed by atoms with E-state index < -0.39 is 5.66 Å². The minimum Gasteiger partial charge on any atom is -0.497 e. The third-order valence-corrected chi connectivity index (χ3v) is 7.44. The molecule has 2 aliphatic heterocycles. The van der Waals surface area contributed by atoms with Gasteiger partial charge in [-0.15, -0.1) is 11.3 Å². The van der Waals surface area contributed by atoms with Gasteiger partial charge in [-0.25, -0.2) is 0 Å². The lowest BCUT2D eigenvalue weighted by Gasteiger charge is -2.47. The van der Waals surface area contributed by atoms with Gasteiger partial charge in [0, 0.05) is 18.7 Å². The Bertz CT molecular complexity index is 1370. The molecule has 0 aliphatic carbocycles. The highest BCUT2D eigenvalue weighted by molar-refractivity contribution is 7.17. The van der Waals surface area contributed by atoms with Gasteiger partial charge in [0.15, 0.2) is 5.66 Å². The molecule has 32 heavy (non-hydrogen) atoms. The highest BCUT2D eigenvalue weighted by Gasteiger charge is 2.56. The fraction of sp³-hybridized carbons (Fsp3) is 0.261. The molecule has 3 aromatic heterocycles.